The van der Waals surface area contributed by atoms with E-state index in [-0.39, 0.29) is 27.6 Å². The lowest BCUT2D eigenvalue weighted by atomic mass is 9.96. The largest absolute Gasteiger partial charge is 0.307 e. The fourth-order valence-electron chi connectivity index (χ4n) is 3.77. The minimum atomic E-state index is -3.96. The van der Waals surface area contributed by atoms with Crippen LogP contribution in [0.5, 0.6) is 0 Å². The number of hydrogen-bond donors (Lipinski definition) is 2. The number of sulfonamides is 1. The predicted octanol–water partition coefficient (Wildman–Crippen LogP) is 5.23. The van der Waals surface area contributed by atoms with E-state index in [9.17, 15) is 17.6 Å². The summed E-state index contributed by atoms with van der Waals surface area (Å²) in [6, 6.07) is 11.2. The van der Waals surface area contributed by atoms with Gasteiger partial charge in [-0.1, -0.05) is 30.9 Å². The first-order valence-electron chi connectivity index (χ1n) is 10.3. The Balaban J connectivity index is 1.44. The molecular formula is C22H22ClFN4O3S. The topological polar surface area (TPSA) is 93.1 Å². The van der Waals surface area contributed by atoms with Gasteiger partial charge in [0.1, 0.15) is 11.6 Å². The summed E-state index contributed by atoms with van der Waals surface area (Å²) in [4.78, 5) is 12.5. The van der Waals surface area contributed by atoms with Crippen LogP contribution in [0.4, 0.5) is 15.9 Å². The monoisotopic (exact) mass is 476 g/mol. The fourth-order valence-corrected chi connectivity index (χ4v) is 5.10. The SMILES string of the molecule is O=C(Nc1ccnn1C1CCCCC1)c1ccc(NS(=O)(=O)c2ccc(F)c(Cl)c2)cc1. The van der Waals surface area contributed by atoms with Gasteiger partial charge in [-0.15, -0.1) is 0 Å². The second-order valence-electron chi connectivity index (χ2n) is 7.67. The highest BCUT2D eigenvalue weighted by atomic mass is 35.5. The minimum Gasteiger partial charge on any atom is -0.307 e. The van der Waals surface area contributed by atoms with Gasteiger partial charge >= 0.3 is 0 Å². The van der Waals surface area contributed by atoms with Gasteiger partial charge in [-0.2, -0.15) is 5.10 Å². The lowest BCUT2D eigenvalue weighted by Gasteiger charge is -2.23. The molecule has 1 saturated carbocycles. The van der Waals surface area contributed by atoms with E-state index in [1.165, 1.54) is 30.7 Å². The van der Waals surface area contributed by atoms with Crippen LogP contribution < -0.4 is 10.0 Å². The predicted molar refractivity (Wildman–Crippen MR) is 121 cm³/mol. The van der Waals surface area contributed by atoms with Crippen molar-refractivity contribution in [2.75, 3.05) is 10.0 Å². The maximum absolute atomic E-state index is 13.3. The van der Waals surface area contributed by atoms with Crippen LogP contribution in [-0.2, 0) is 10.0 Å². The van der Waals surface area contributed by atoms with Gasteiger partial charge in [-0.05, 0) is 55.3 Å². The van der Waals surface area contributed by atoms with Crippen LogP contribution in [0, 0.1) is 5.82 Å². The molecule has 2 aromatic carbocycles. The third-order valence-electron chi connectivity index (χ3n) is 5.43. The number of carbonyl (C=O) groups is 1. The van der Waals surface area contributed by atoms with E-state index >= 15 is 0 Å². The molecule has 0 atom stereocenters. The normalized spacial score (nSPS) is 14.8. The van der Waals surface area contributed by atoms with Crippen LogP contribution in [0.25, 0.3) is 0 Å². The van der Waals surface area contributed by atoms with E-state index in [1.54, 1.807) is 12.3 Å². The van der Waals surface area contributed by atoms with Crippen molar-refractivity contribution >= 4 is 39.0 Å². The number of anilines is 2. The van der Waals surface area contributed by atoms with Gasteiger partial charge in [0.25, 0.3) is 15.9 Å². The highest BCUT2D eigenvalue weighted by molar-refractivity contribution is 7.92. The van der Waals surface area contributed by atoms with Gasteiger partial charge in [0, 0.05) is 17.3 Å². The first kappa shape index (κ1) is 22.3. The number of nitrogens with one attached hydrogen (secondary N) is 2. The number of aromatic nitrogens is 2. The molecule has 1 aliphatic carbocycles. The lowest BCUT2D eigenvalue weighted by molar-refractivity contribution is 0.102. The molecule has 32 heavy (non-hydrogen) atoms. The van der Waals surface area contributed by atoms with Crippen molar-refractivity contribution in [3.63, 3.8) is 0 Å². The van der Waals surface area contributed by atoms with Crippen molar-refractivity contribution in [3.05, 3.63) is 71.1 Å². The molecule has 0 spiro atoms. The molecule has 0 radical (unpaired) electrons. The van der Waals surface area contributed by atoms with Gasteiger partial charge in [0.05, 0.1) is 22.2 Å². The Bertz CT molecular complexity index is 1220. The average Bonchev–Trinajstić information content (AvgIpc) is 3.24. The van der Waals surface area contributed by atoms with Crippen LogP contribution in [-0.4, -0.2) is 24.1 Å². The van der Waals surface area contributed by atoms with Crippen molar-refractivity contribution in [2.45, 2.75) is 43.0 Å². The lowest BCUT2D eigenvalue weighted by Crippen LogP contribution is -2.20. The van der Waals surface area contributed by atoms with Crippen molar-refractivity contribution in [3.8, 4) is 0 Å². The second-order valence-corrected chi connectivity index (χ2v) is 9.76. The van der Waals surface area contributed by atoms with Crippen molar-refractivity contribution < 1.29 is 17.6 Å². The van der Waals surface area contributed by atoms with E-state index in [0.29, 0.717) is 11.4 Å². The van der Waals surface area contributed by atoms with Crippen LogP contribution >= 0.6 is 11.6 Å². The molecule has 1 aliphatic rings. The Morgan fingerprint density at radius 3 is 2.47 bits per heavy atom. The van der Waals surface area contributed by atoms with E-state index in [2.05, 4.69) is 15.1 Å². The smallest absolute Gasteiger partial charge is 0.261 e. The molecule has 0 unspecified atom stereocenters. The van der Waals surface area contributed by atoms with E-state index in [0.717, 1.165) is 43.9 Å². The summed E-state index contributed by atoms with van der Waals surface area (Å²) in [5.41, 5.74) is 0.628. The molecule has 1 fully saturated rings. The van der Waals surface area contributed by atoms with Crippen LogP contribution in [0.1, 0.15) is 48.5 Å². The number of amides is 1. The zero-order valence-electron chi connectivity index (χ0n) is 17.1. The Labute approximate surface area is 190 Å². The highest BCUT2D eigenvalue weighted by Crippen LogP contribution is 2.30. The van der Waals surface area contributed by atoms with Crippen LogP contribution in [0.2, 0.25) is 5.02 Å². The first-order chi connectivity index (χ1) is 15.3. The van der Waals surface area contributed by atoms with Gasteiger partial charge in [-0.3, -0.25) is 9.52 Å². The summed E-state index contributed by atoms with van der Waals surface area (Å²) in [6.07, 6.45) is 7.28. The standard InChI is InChI=1S/C22H22ClFN4O3S/c23-19-14-18(10-11-20(19)24)32(30,31)27-16-8-6-15(7-9-16)22(29)26-21-12-13-25-28(21)17-4-2-1-3-5-17/h6-14,17,27H,1-5H2,(H,26,29). The number of hydrogen-bond acceptors (Lipinski definition) is 4. The number of rotatable bonds is 6. The molecule has 2 N–H and O–H groups in total. The Hall–Kier alpha value is -2.91. The minimum absolute atomic E-state index is 0.165. The zero-order valence-corrected chi connectivity index (χ0v) is 18.7. The number of carbonyl (C=O) groups excluding carboxylic acids is 1. The third kappa shape index (κ3) is 4.94. The maximum Gasteiger partial charge on any atom is 0.261 e. The Kier molecular flexibility index (Phi) is 6.48. The third-order valence-corrected chi connectivity index (χ3v) is 7.10. The summed E-state index contributed by atoms with van der Waals surface area (Å²) in [7, 11) is -3.96. The van der Waals surface area contributed by atoms with Crippen LogP contribution in [0.15, 0.2) is 59.6 Å². The molecule has 0 aliphatic heterocycles. The molecule has 4 rings (SSSR count). The van der Waals surface area contributed by atoms with Crippen molar-refractivity contribution in [1.82, 2.24) is 9.78 Å². The molecule has 168 valence electrons. The van der Waals surface area contributed by atoms with E-state index < -0.39 is 15.8 Å². The van der Waals surface area contributed by atoms with Crippen molar-refractivity contribution in [1.29, 1.82) is 0 Å². The molecule has 0 saturated heterocycles. The summed E-state index contributed by atoms with van der Waals surface area (Å²) in [5.74, 6) is -0.382. The molecule has 1 aromatic heterocycles. The summed E-state index contributed by atoms with van der Waals surface area (Å²) in [5, 5.41) is 6.97. The molecule has 7 nitrogen and oxygen atoms in total. The highest BCUT2D eigenvalue weighted by Gasteiger charge is 2.20. The van der Waals surface area contributed by atoms with Gasteiger partial charge in [0.2, 0.25) is 0 Å². The summed E-state index contributed by atoms with van der Waals surface area (Å²) >= 11 is 5.68. The fraction of sp³-hybridized carbons (Fsp3) is 0.273. The van der Waals surface area contributed by atoms with Gasteiger partial charge < -0.3 is 5.32 Å². The first-order valence-corrected chi connectivity index (χ1v) is 12.1. The second kappa shape index (κ2) is 9.30. The Morgan fingerprint density at radius 2 is 1.78 bits per heavy atom. The number of benzene rings is 2. The van der Waals surface area contributed by atoms with E-state index in [4.69, 9.17) is 11.6 Å². The molecule has 0 bridgehead atoms. The number of nitrogens with zero attached hydrogens (tertiary/aromatic N) is 2. The molecule has 1 amide bonds. The van der Waals surface area contributed by atoms with Gasteiger partial charge in [-0.25, -0.2) is 17.5 Å². The molecule has 3 aromatic rings. The summed E-state index contributed by atoms with van der Waals surface area (Å²) in [6.45, 7) is 0. The zero-order chi connectivity index (χ0) is 22.7. The van der Waals surface area contributed by atoms with E-state index in [1.807, 2.05) is 4.68 Å². The van der Waals surface area contributed by atoms with Crippen LogP contribution in [0.3, 0.4) is 0 Å². The summed E-state index contributed by atoms with van der Waals surface area (Å²) < 4.78 is 42.6. The maximum atomic E-state index is 13.3. The Morgan fingerprint density at radius 1 is 1.06 bits per heavy atom. The average molecular weight is 477 g/mol. The molecule has 1 heterocycles. The van der Waals surface area contributed by atoms with Crippen molar-refractivity contribution in [2.24, 2.45) is 0 Å². The number of halogens is 2. The van der Waals surface area contributed by atoms with Gasteiger partial charge in [0.15, 0.2) is 0 Å². The quantitative estimate of drug-likeness (QED) is 0.509. The molecule has 10 heteroatoms. The molecular weight excluding hydrogens is 455 g/mol.